The number of pyridine rings is 2. The molecule has 0 radical (unpaired) electrons. The number of urea groups is 1. The molecule has 0 unspecified atom stereocenters. The van der Waals surface area contributed by atoms with E-state index >= 15 is 0 Å². The maximum atomic E-state index is 13.0. The third-order valence-corrected chi connectivity index (χ3v) is 5.20. The lowest BCUT2D eigenvalue weighted by Crippen LogP contribution is -2.34. The standard InChI is InChI=1S/C22H19ClF3N7O/c1-11-7-18(29-20-19(11)12(2)32-33(20)3)30-31-21(34)27-15-9-16(28-17(23)10-15)13-5-4-6-14(8-13)22(24,25)26/h4-10H,1-3H3,(H,29,30)(H2,27,28,31,34). The SMILES string of the molecule is Cc1cc(NNC(=O)Nc2cc(Cl)nc(-c3cccc(C(F)(F)F)c3)c2)nc2c1c(C)nn2C. The molecule has 3 N–H and O–H groups in total. The largest absolute Gasteiger partial charge is 0.416 e. The van der Waals surface area contributed by atoms with Gasteiger partial charge in [0, 0.05) is 23.7 Å². The van der Waals surface area contributed by atoms with E-state index in [1.807, 2.05) is 13.8 Å². The van der Waals surface area contributed by atoms with E-state index < -0.39 is 17.8 Å². The average Bonchev–Trinajstić information content (AvgIpc) is 3.05. The van der Waals surface area contributed by atoms with E-state index in [9.17, 15) is 18.0 Å². The summed E-state index contributed by atoms with van der Waals surface area (Å²) in [6.45, 7) is 3.81. The van der Waals surface area contributed by atoms with Gasteiger partial charge in [0.05, 0.1) is 17.0 Å². The first-order chi connectivity index (χ1) is 16.0. The number of hydrogen-bond donors (Lipinski definition) is 3. The molecular weight excluding hydrogens is 471 g/mol. The van der Waals surface area contributed by atoms with Gasteiger partial charge in [-0.25, -0.2) is 14.8 Å². The highest BCUT2D eigenvalue weighted by molar-refractivity contribution is 6.29. The van der Waals surface area contributed by atoms with Crippen LogP contribution in [0.15, 0.2) is 42.5 Å². The van der Waals surface area contributed by atoms with Gasteiger partial charge in [0.15, 0.2) is 5.65 Å². The predicted octanol–water partition coefficient (Wildman–Crippen LogP) is 5.47. The maximum absolute atomic E-state index is 13.0. The van der Waals surface area contributed by atoms with E-state index in [2.05, 4.69) is 31.2 Å². The van der Waals surface area contributed by atoms with Gasteiger partial charge in [0.1, 0.15) is 11.0 Å². The number of benzene rings is 1. The molecule has 3 aromatic heterocycles. The lowest BCUT2D eigenvalue weighted by atomic mass is 10.1. The summed E-state index contributed by atoms with van der Waals surface area (Å²) in [5.41, 5.74) is 7.47. The van der Waals surface area contributed by atoms with Crippen LogP contribution in [0, 0.1) is 13.8 Å². The Balaban J connectivity index is 1.49. The van der Waals surface area contributed by atoms with Crippen LogP contribution in [0.25, 0.3) is 22.3 Å². The van der Waals surface area contributed by atoms with Gasteiger partial charge in [0.2, 0.25) is 0 Å². The van der Waals surface area contributed by atoms with Gasteiger partial charge in [0.25, 0.3) is 0 Å². The smallest absolute Gasteiger partial charge is 0.306 e. The number of carbonyl (C=O) groups excluding carboxylic acids is 1. The van der Waals surface area contributed by atoms with Crippen LogP contribution in [0.3, 0.4) is 0 Å². The van der Waals surface area contributed by atoms with E-state index in [1.165, 1.54) is 24.3 Å². The molecule has 0 aliphatic heterocycles. The van der Waals surface area contributed by atoms with E-state index in [1.54, 1.807) is 17.8 Å². The van der Waals surface area contributed by atoms with Crippen LogP contribution < -0.4 is 16.2 Å². The number of hydrogen-bond acceptors (Lipinski definition) is 5. The van der Waals surface area contributed by atoms with Crippen molar-refractivity contribution in [2.24, 2.45) is 7.05 Å². The van der Waals surface area contributed by atoms with Crippen LogP contribution in [-0.4, -0.2) is 25.8 Å². The summed E-state index contributed by atoms with van der Waals surface area (Å²) in [6, 6.07) is 8.62. The number of halogens is 4. The number of fused-ring (bicyclic) bond motifs is 1. The topological polar surface area (TPSA) is 96.8 Å². The summed E-state index contributed by atoms with van der Waals surface area (Å²) >= 11 is 6.04. The van der Waals surface area contributed by atoms with E-state index in [0.717, 1.165) is 28.8 Å². The molecule has 0 atom stereocenters. The van der Waals surface area contributed by atoms with Gasteiger partial charge in [-0.2, -0.15) is 18.3 Å². The summed E-state index contributed by atoms with van der Waals surface area (Å²) < 4.78 is 40.8. The van der Waals surface area contributed by atoms with E-state index in [0.29, 0.717) is 11.5 Å². The highest BCUT2D eigenvalue weighted by Gasteiger charge is 2.30. The molecule has 12 heteroatoms. The van der Waals surface area contributed by atoms with E-state index in [4.69, 9.17) is 11.6 Å². The minimum Gasteiger partial charge on any atom is -0.306 e. The van der Waals surface area contributed by atoms with Crippen molar-refractivity contribution in [2.75, 3.05) is 10.7 Å². The number of carbonyl (C=O) groups is 1. The zero-order valence-electron chi connectivity index (χ0n) is 18.3. The van der Waals surface area contributed by atoms with Crippen molar-refractivity contribution in [1.29, 1.82) is 0 Å². The van der Waals surface area contributed by atoms with Crippen molar-refractivity contribution in [3.63, 3.8) is 0 Å². The van der Waals surface area contributed by atoms with Crippen LogP contribution in [-0.2, 0) is 13.2 Å². The van der Waals surface area contributed by atoms with E-state index in [-0.39, 0.29) is 22.1 Å². The zero-order valence-corrected chi connectivity index (χ0v) is 19.0. The molecule has 8 nitrogen and oxygen atoms in total. The fourth-order valence-electron chi connectivity index (χ4n) is 3.58. The van der Waals surface area contributed by atoms with Gasteiger partial charge in [-0.3, -0.25) is 15.5 Å². The number of anilines is 2. The van der Waals surface area contributed by atoms with Gasteiger partial charge in [-0.15, -0.1) is 0 Å². The van der Waals surface area contributed by atoms with Gasteiger partial charge in [-0.05, 0) is 49.7 Å². The number of aryl methyl sites for hydroxylation is 3. The maximum Gasteiger partial charge on any atom is 0.416 e. The summed E-state index contributed by atoms with van der Waals surface area (Å²) in [5.74, 6) is 0.403. The first-order valence-electron chi connectivity index (χ1n) is 10.0. The van der Waals surface area contributed by atoms with Crippen molar-refractivity contribution in [3.8, 4) is 11.3 Å². The predicted molar refractivity (Wildman–Crippen MR) is 123 cm³/mol. The summed E-state index contributed by atoms with van der Waals surface area (Å²) in [5, 5.41) is 7.86. The number of rotatable bonds is 4. The van der Waals surface area contributed by atoms with Crippen LogP contribution in [0.2, 0.25) is 5.15 Å². The summed E-state index contributed by atoms with van der Waals surface area (Å²) in [6.07, 6.45) is -4.50. The first-order valence-corrected chi connectivity index (χ1v) is 10.4. The zero-order chi connectivity index (χ0) is 24.6. The van der Waals surface area contributed by atoms with Crippen molar-refractivity contribution < 1.29 is 18.0 Å². The monoisotopic (exact) mass is 489 g/mol. The molecule has 0 spiro atoms. The minimum absolute atomic E-state index is 0.00694. The number of nitrogens with one attached hydrogen (secondary N) is 3. The van der Waals surface area contributed by atoms with Crippen LogP contribution in [0.4, 0.5) is 29.5 Å². The Morgan fingerprint density at radius 1 is 1.09 bits per heavy atom. The number of alkyl halides is 3. The molecular formula is C22H19ClF3N7O. The van der Waals surface area contributed by atoms with Gasteiger partial charge < -0.3 is 5.32 Å². The van der Waals surface area contributed by atoms with Crippen LogP contribution in [0.5, 0.6) is 0 Å². The number of nitrogens with zero attached hydrogens (tertiary/aromatic N) is 4. The third-order valence-electron chi connectivity index (χ3n) is 5.01. The lowest BCUT2D eigenvalue weighted by Gasteiger charge is -2.12. The molecule has 4 aromatic rings. The summed E-state index contributed by atoms with van der Waals surface area (Å²) in [7, 11) is 1.78. The Bertz CT molecular complexity index is 1400. The third kappa shape index (κ3) is 4.88. The molecule has 0 bridgehead atoms. The molecule has 3 heterocycles. The highest BCUT2D eigenvalue weighted by atomic mass is 35.5. The molecule has 0 aliphatic rings. The number of amides is 2. The summed E-state index contributed by atoms with van der Waals surface area (Å²) in [4.78, 5) is 20.9. The van der Waals surface area contributed by atoms with Crippen LogP contribution >= 0.6 is 11.6 Å². The fraction of sp³-hybridized carbons (Fsp3) is 0.182. The Morgan fingerprint density at radius 3 is 2.59 bits per heavy atom. The molecule has 2 amide bonds. The van der Waals surface area contributed by atoms with Crippen molar-refractivity contribution >= 4 is 40.2 Å². The quantitative estimate of drug-likeness (QED) is 0.261. The Kier molecular flexibility index (Phi) is 6.05. The number of aromatic nitrogens is 4. The normalized spacial score (nSPS) is 11.5. The van der Waals surface area contributed by atoms with Crippen molar-refractivity contribution in [1.82, 2.24) is 25.2 Å². The average molecular weight is 490 g/mol. The molecule has 176 valence electrons. The lowest BCUT2D eigenvalue weighted by molar-refractivity contribution is -0.137. The Hall–Kier alpha value is -3.86. The van der Waals surface area contributed by atoms with Gasteiger partial charge >= 0.3 is 12.2 Å². The Labute approximate surface area is 197 Å². The molecule has 0 aliphatic carbocycles. The fourth-order valence-corrected chi connectivity index (χ4v) is 3.79. The molecule has 4 rings (SSSR count). The molecule has 0 saturated heterocycles. The molecule has 0 fully saturated rings. The molecule has 1 aromatic carbocycles. The Morgan fingerprint density at radius 2 is 1.85 bits per heavy atom. The molecule has 34 heavy (non-hydrogen) atoms. The number of hydrazine groups is 1. The van der Waals surface area contributed by atoms with Gasteiger partial charge in [-0.1, -0.05) is 23.7 Å². The molecule has 0 saturated carbocycles. The second-order valence-electron chi connectivity index (χ2n) is 7.58. The first kappa shape index (κ1) is 23.3. The second kappa shape index (κ2) is 8.82. The minimum atomic E-state index is -4.50. The van der Waals surface area contributed by atoms with Crippen molar-refractivity contribution in [2.45, 2.75) is 20.0 Å². The van der Waals surface area contributed by atoms with Crippen LogP contribution in [0.1, 0.15) is 16.8 Å². The van der Waals surface area contributed by atoms with Crippen molar-refractivity contribution in [3.05, 3.63) is 64.4 Å². The highest BCUT2D eigenvalue weighted by Crippen LogP contribution is 2.32. The second-order valence-corrected chi connectivity index (χ2v) is 7.97.